The Kier molecular flexibility index (Phi) is 4.18. The predicted molar refractivity (Wildman–Crippen MR) is 72.7 cm³/mol. The highest BCUT2D eigenvalue weighted by Gasteiger charge is 2.21. The van der Waals surface area contributed by atoms with Crippen LogP contribution in [-0.4, -0.2) is 24.0 Å². The summed E-state index contributed by atoms with van der Waals surface area (Å²) < 4.78 is 0. The highest BCUT2D eigenvalue weighted by Crippen LogP contribution is 2.23. The topological polar surface area (TPSA) is 54.0 Å². The van der Waals surface area contributed by atoms with Gasteiger partial charge in [-0.05, 0) is 30.9 Å². The Labute approximate surface area is 108 Å². The summed E-state index contributed by atoms with van der Waals surface area (Å²) in [5, 5.41) is 6.07. The summed E-state index contributed by atoms with van der Waals surface area (Å²) in [5.74, 6) is 0.653. The van der Waals surface area contributed by atoms with Gasteiger partial charge < -0.3 is 10.6 Å². The lowest BCUT2D eigenvalue weighted by molar-refractivity contribution is 0.0916. The number of anilines is 1. The Morgan fingerprint density at radius 2 is 2.22 bits per heavy atom. The molecule has 98 valence electrons. The third-order valence-electron chi connectivity index (χ3n) is 3.56. The van der Waals surface area contributed by atoms with E-state index >= 15 is 0 Å². The number of aromatic nitrogens is 1. The molecule has 0 radical (unpaired) electrons. The predicted octanol–water partition coefficient (Wildman–Crippen LogP) is 2.43. The maximum absolute atomic E-state index is 12.0. The van der Waals surface area contributed by atoms with Crippen molar-refractivity contribution >= 4 is 11.6 Å². The van der Waals surface area contributed by atoms with Gasteiger partial charge in [0.1, 0.15) is 5.69 Å². The third-order valence-corrected chi connectivity index (χ3v) is 3.56. The molecule has 0 aliphatic heterocycles. The molecule has 1 amide bonds. The normalized spacial score (nSPS) is 23.4. The minimum Gasteiger partial charge on any atom is -0.387 e. The number of rotatable bonds is 3. The molecule has 1 fully saturated rings. The van der Waals surface area contributed by atoms with E-state index in [0.29, 0.717) is 17.7 Å². The number of pyridine rings is 1. The highest BCUT2D eigenvalue weighted by atomic mass is 16.1. The van der Waals surface area contributed by atoms with Gasteiger partial charge in [0.15, 0.2) is 0 Å². The van der Waals surface area contributed by atoms with E-state index in [2.05, 4.69) is 22.5 Å². The first-order chi connectivity index (χ1) is 8.69. The zero-order valence-electron chi connectivity index (χ0n) is 11.1. The Bertz CT molecular complexity index is 402. The second-order valence-electron chi connectivity index (χ2n) is 5.12. The maximum Gasteiger partial charge on any atom is 0.270 e. The van der Waals surface area contributed by atoms with E-state index < -0.39 is 0 Å². The van der Waals surface area contributed by atoms with Gasteiger partial charge in [0.2, 0.25) is 0 Å². The van der Waals surface area contributed by atoms with Gasteiger partial charge in [0, 0.05) is 13.1 Å². The molecule has 1 saturated carbocycles. The molecule has 2 N–H and O–H groups in total. The number of carbonyl (C=O) groups is 1. The molecule has 4 heteroatoms. The highest BCUT2D eigenvalue weighted by molar-refractivity contribution is 5.92. The number of nitrogens with zero attached hydrogens (tertiary/aromatic N) is 1. The molecule has 18 heavy (non-hydrogen) atoms. The van der Waals surface area contributed by atoms with E-state index in [1.807, 2.05) is 13.1 Å². The van der Waals surface area contributed by atoms with Crippen molar-refractivity contribution in [2.24, 2.45) is 5.92 Å². The number of nitrogens with one attached hydrogen (secondary N) is 2. The number of amides is 1. The molecule has 1 aromatic heterocycles. The fraction of sp³-hybridized carbons (Fsp3) is 0.571. The molecule has 1 aliphatic rings. The van der Waals surface area contributed by atoms with Crippen LogP contribution in [0.1, 0.15) is 43.1 Å². The van der Waals surface area contributed by atoms with Crippen molar-refractivity contribution in [3.63, 3.8) is 0 Å². The van der Waals surface area contributed by atoms with Crippen LogP contribution in [0.15, 0.2) is 18.3 Å². The summed E-state index contributed by atoms with van der Waals surface area (Å²) >= 11 is 0. The van der Waals surface area contributed by atoms with E-state index in [1.54, 1.807) is 12.3 Å². The Hall–Kier alpha value is -1.58. The maximum atomic E-state index is 12.0. The summed E-state index contributed by atoms with van der Waals surface area (Å²) in [6, 6.07) is 3.94. The summed E-state index contributed by atoms with van der Waals surface area (Å²) in [6.45, 7) is 2.25. The fourth-order valence-electron chi connectivity index (χ4n) is 2.50. The van der Waals surface area contributed by atoms with Crippen molar-refractivity contribution in [1.29, 1.82) is 0 Å². The average Bonchev–Trinajstić information content (AvgIpc) is 2.39. The number of carbonyl (C=O) groups excluding carboxylic acids is 1. The summed E-state index contributed by atoms with van der Waals surface area (Å²) in [4.78, 5) is 16.2. The molecule has 0 spiro atoms. The lowest BCUT2D eigenvalue weighted by Gasteiger charge is -2.27. The van der Waals surface area contributed by atoms with Crippen LogP contribution in [0.2, 0.25) is 0 Å². The van der Waals surface area contributed by atoms with E-state index in [9.17, 15) is 4.79 Å². The van der Waals surface area contributed by atoms with Crippen molar-refractivity contribution in [1.82, 2.24) is 10.3 Å². The molecule has 1 heterocycles. The van der Waals surface area contributed by atoms with Crippen molar-refractivity contribution in [3.05, 3.63) is 24.0 Å². The van der Waals surface area contributed by atoms with Crippen molar-refractivity contribution < 1.29 is 4.79 Å². The molecular formula is C14H21N3O. The Morgan fingerprint density at radius 1 is 1.39 bits per heavy atom. The second-order valence-corrected chi connectivity index (χ2v) is 5.12. The molecule has 4 nitrogen and oxygen atoms in total. The van der Waals surface area contributed by atoms with Crippen LogP contribution in [0.3, 0.4) is 0 Å². The van der Waals surface area contributed by atoms with Crippen LogP contribution in [0.5, 0.6) is 0 Å². The molecule has 1 aromatic rings. The second kappa shape index (κ2) is 5.85. The van der Waals surface area contributed by atoms with E-state index in [-0.39, 0.29) is 5.91 Å². The quantitative estimate of drug-likeness (QED) is 0.862. The molecule has 0 saturated heterocycles. The smallest absolute Gasteiger partial charge is 0.270 e. The van der Waals surface area contributed by atoms with E-state index in [1.165, 1.54) is 12.8 Å². The van der Waals surface area contributed by atoms with Gasteiger partial charge in [0.25, 0.3) is 5.91 Å². The summed E-state index contributed by atoms with van der Waals surface area (Å²) in [7, 11) is 1.83. The van der Waals surface area contributed by atoms with Crippen molar-refractivity contribution in [2.75, 3.05) is 12.4 Å². The van der Waals surface area contributed by atoms with Gasteiger partial charge in [-0.3, -0.25) is 4.79 Å². The molecule has 0 bridgehead atoms. The molecular weight excluding hydrogens is 226 g/mol. The number of hydrogen-bond acceptors (Lipinski definition) is 3. The fourth-order valence-corrected chi connectivity index (χ4v) is 2.50. The van der Waals surface area contributed by atoms with Gasteiger partial charge in [-0.25, -0.2) is 4.98 Å². The SMILES string of the molecule is CNc1ccc(C(=O)NC2CCCC(C)C2)nc1. The lowest BCUT2D eigenvalue weighted by atomic mass is 9.87. The molecule has 2 rings (SSSR count). The lowest BCUT2D eigenvalue weighted by Crippen LogP contribution is -2.38. The molecule has 2 atom stereocenters. The average molecular weight is 247 g/mol. The first-order valence-corrected chi connectivity index (χ1v) is 6.63. The van der Waals surface area contributed by atoms with Gasteiger partial charge in [-0.1, -0.05) is 19.8 Å². The first-order valence-electron chi connectivity index (χ1n) is 6.63. The van der Waals surface area contributed by atoms with Crippen LogP contribution in [0.4, 0.5) is 5.69 Å². The van der Waals surface area contributed by atoms with Crippen molar-refractivity contribution in [3.8, 4) is 0 Å². The zero-order chi connectivity index (χ0) is 13.0. The monoisotopic (exact) mass is 247 g/mol. The largest absolute Gasteiger partial charge is 0.387 e. The Balaban J connectivity index is 1.94. The van der Waals surface area contributed by atoms with Crippen LogP contribution in [0.25, 0.3) is 0 Å². The van der Waals surface area contributed by atoms with E-state index in [4.69, 9.17) is 0 Å². The zero-order valence-corrected chi connectivity index (χ0v) is 11.1. The van der Waals surface area contributed by atoms with Gasteiger partial charge >= 0.3 is 0 Å². The standard InChI is InChI=1S/C14H21N3O/c1-10-4-3-5-11(8-10)17-14(18)13-7-6-12(15-2)9-16-13/h6-7,9-11,15H,3-5,8H2,1-2H3,(H,17,18). The van der Waals surface area contributed by atoms with Crippen LogP contribution >= 0.6 is 0 Å². The van der Waals surface area contributed by atoms with Crippen molar-refractivity contribution in [2.45, 2.75) is 38.6 Å². The molecule has 1 aliphatic carbocycles. The summed E-state index contributed by atoms with van der Waals surface area (Å²) in [6.07, 6.45) is 6.34. The van der Waals surface area contributed by atoms with Gasteiger partial charge in [-0.15, -0.1) is 0 Å². The molecule has 2 unspecified atom stereocenters. The number of hydrogen-bond donors (Lipinski definition) is 2. The minimum absolute atomic E-state index is 0.0586. The third kappa shape index (κ3) is 3.22. The minimum atomic E-state index is -0.0586. The van der Waals surface area contributed by atoms with Gasteiger partial charge in [0.05, 0.1) is 11.9 Å². The molecule has 0 aromatic carbocycles. The Morgan fingerprint density at radius 3 is 2.83 bits per heavy atom. The van der Waals surface area contributed by atoms with E-state index in [0.717, 1.165) is 18.5 Å². The van der Waals surface area contributed by atoms with Crippen LogP contribution < -0.4 is 10.6 Å². The van der Waals surface area contributed by atoms with Crippen LogP contribution in [0, 0.1) is 5.92 Å². The van der Waals surface area contributed by atoms with Gasteiger partial charge in [-0.2, -0.15) is 0 Å². The summed E-state index contributed by atoms with van der Waals surface area (Å²) in [5.41, 5.74) is 1.41. The first kappa shape index (κ1) is 12.9. The van der Waals surface area contributed by atoms with Crippen LogP contribution in [-0.2, 0) is 0 Å².